The first-order chi connectivity index (χ1) is 12.5. The molecule has 2 aliphatic rings. The number of carboxylic acids is 1. The van der Waals surface area contributed by atoms with E-state index in [0.717, 1.165) is 38.5 Å². The Morgan fingerprint density at radius 2 is 2.00 bits per heavy atom. The van der Waals surface area contributed by atoms with Crippen molar-refractivity contribution < 1.29 is 19.4 Å². The van der Waals surface area contributed by atoms with Crippen LogP contribution in [0.2, 0.25) is 0 Å². The van der Waals surface area contributed by atoms with Crippen LogP contribution >= 0.6 is 0 Å². The Labute approximate surface area is 155 Å². The first-order valence-electron chi connectivity index (χ1n) is 9.71. The fraction of sp³-hybridized carbons (Fsp3) is 0.619. The maximum Gasteiger partial charge on any atom is 0.338 e. The van der Waals surface area contributed by atoms with Gasteiger partial charge < -0.3 is 9.84 Å². The van der Waals surface area contributed by atoms with Gasteiger partial charge in [-0.15, -0.1) is 0 Å². The number of unbranched alkanes of at least 4 members (excludes halogenated alkanes) is 2. The molecule has 4 atom stereocenters. The highest BCUT2D eigenvalue weighted by Crippen LogP contribution is 2.50. The van der Waals surface area contributed by atoms with Crippen LogP contribution in [0.1, 0.15) is 62.2 Å². The minimum absolute atomic E-state index is 0.292. The van der Waals surface area contributed by atoms with Gasteiger partial charge in [0.15, 0.2) is 0 Å². The van der Waals surface area contributed by atoms with Crippen molar-refractivity contribution in [1.82, 2.24) is 4.90 Å². The molecule has 26 heavy (non-hydrogen) atoms. The van der Waals surface area contributed by atoms with Crippen molar-refractivity contribution in [1.29, 1.82) is 0 Å². The number of ether oxygens (including phenoxy) is 1. The monoisotopic (exact) mass is 359 g/mol. The van der Waals surface area contributed by atoms with Crippen molar-refractivity contribution in [3.63, 3.8) is 0 Å². The summed E-state index contributed by atoms with van der Waals surface area (Å²) in [6.45, 7) is 2.15. The number of aliphatic carboxylic acids is 1. The highest BCUT2D eigenvalue weighted by molar-refractivity contribution is 5.89. The first kappa shape index (κ1) is 18.9. The third-order valence-corrected chi connectivity index (χ3v) is 6.36. The van der Waals surface area contributed by atoms with Crippen LogP contribution in [-0.2, 0) is 9.53 Å². The molecule has 5 heteroatoms. The lowest BCUT2D eigenvalue weighted by molar-refractivity contribution is -0.160. The van der Waals surface area contributed by atoms with E-state index in [1.54, 1.807) is 24.3 Å². The lowest BCUT2D eigenvalue weighted by Crippen LogP contribution is -2.62. The van der Waals surface area contributed by atoms with E-state index in [1.165, 1.54) is 0 Å². The average molecular weight is 359 g/mol. The maximum atomic E-state index is 12.5. The van der Waals surface area contributed by atoms with Crippen LogP contribution in [-0.4, -0.2) is 46.7 Å². The molecule has 142 valence electrons. The molecule has 1 aromatic rings. The van der Waals surface area contributed by atoms with Crippen molar-refractivity contribution in [2.24, 2.45) is 5.92 Å². The molecular formula is C21H29NO4. The number of nitrogens with zero attached hydrogens (tertiary/aromatic N) is 1. The van der Waals surface area contributed by atoms with Crippen molar-refractivity contribution in [3.8, 4) is 0 Å². The van der Waals surface area contributed by atoms with E-state index in [1.807, 2.05) is 6.07 Å². The van der Waals surface area contributed by atoms with Gasteiger partial charge in [-0.1, -0.05) is 44.4 Å². The molecule has 3 rings (SSSR count). The Bertz CT molecular complexity index is 647. The molecule has 2 fully saturated rings. The van der Waals surface area contributed by atoms with E-state index in [2.05, 4.69) is 18.9 Å². The van der Waals surface area contributed by atoms with Crippen LogP contribution in [0.5, 0.6) is 0 Å². The topological polar surface area (TPSA) is 66.8 Å². The second-order valence-corrected chi connectivity index (χ2v) is 7.73. The van der Waals surface area contributed by atoms with Crippen LogP contribution in [0, 0.1) is 5.92 Å². The Hall–Kier alpha value is -1.88. The second-order valence-electron chi connectivity index (χ2n) is 7.73. The first-order valence-corrected chi connectivity index (χ1v) is 9.71. The summed E-state index contributed by atoms with van der Waals surface area (Å²) in [5.74, 6) is -1.94. The number of fused-ring (bicyclic) bond motifs is 2. The largest absolute Gasteiger partial charge is 0.481 e. The molecule has 1 aromatic carbocycles. The normalized spacial score (nSPS) is 30.9. The minimum atomic E-state index is -0.848. The molecule has 0 saturated carbocycles. The molecule has 0 amide bonds. The van der Waals surface area contributed by atoms with Crippen LogP contribution in [0.25, 0.3) is 0 Å². The average Bonchev–Trinajstić information content (AvgIpc) is 2.83. The quantitative estimate of drug-likeness (QED) is 0.593. The van der Waals surface area contributed by atoms with Crippen LogP contribution < -0.4 is 0 Å². The van der Waals surface area contributed by atoms with Gasteiger partial charge in [0.1, 0.15) is 12.0 Å². The number of carbonyl (C=O) groups excluding carboxylic acids is 1. The zero-order valence-corrected chi connectivity index (χ0v) is 15.7. The molecule has 0 unspecified atom stereocenters. The smallest absolute Gasteiger partial charge is 0.338 e. The summed E-state index contributed by atoms with van der Waals surface area (Å²) in [5.41, 5.74) is 0.0777. The van der Waals surface area contributed by atoms with E-state index < -0.39 is 29.5 Å². The van der Waals surface area contributed by atoms with Gasteiger partial charge in [-0.05, 0) is 38.4 Å². The highest BCUT2D eigenvalue weighted by Gasteiger charge is 2.59. The number of carbonyl (C=O) groups is 2. The van der Waals surface area contributed by atoms with Crippen molar-refractivity contribution in [3.05, 3.63) is 35.9 Å². The Morgan fingerprint density at radius 1 is 1.27 bits per heavy atom. The number of esters is 1. The summed E-state index contributed by atoms with van der Waals surface area (Å²) in [5, 5.41) is 10.0. The van der Waals surface area contributed by atoms with E-state index in [4.69, 9.17) is 4.74 Å². The van der Waals surface area contributed by atoms with Crippen LogP contribution in [0.15, 0.2) is 30.3 Å². The van der Waals surface area contributed by atoms with E-state index in [-0.39, 0.29) is 0 Å². The second kappa shape index (κ2) is 7.78. The third-order valence-electron chi connectivity index (χ3n) is 6.36. The number of hydrogen-bond donors (Lipinski definition) is 1. The molecule has 0 aromatic heterocycles. The molecule has 2 heterocycles. The zero-order chi connectivity index (χ0) is 18.7. The lowest BCUT2D eigenvalue weighted by Gasteiger charge is -2.49. The number of hydrogen-bond acceptors (Lipinski definition) is 4. The van der Waals surface area contributed by atoms with Gasteiger partial charge in [0.05, 0.1) is 5.56 Å². The fourth-order valence-corrected chi connectivity index (χ4v) is 4.97. The number of carboxylic acid groups (broad SMARTS) is 1. The van der Waals surface area contributed by atoms with Gasteiger partial charge in [-0.2, -0.15) is 0 Å². The molecule has 5 nitrogen and oxygen atoms in total. The predicted octanol–water partition coefficient (Wildman–Crippen LogP) is 3.73. The molecule has 0 spiro atoms. The molecule has 2 bridgehead atoms. The van der Waals surface area contributed by atoms with Crippen molar-refractivity contribution in [2.45, 2.75) is 69.6 Å². The van der Waals surface area contributed by atoms with Gasteiger partial charge in [0.25, 0.3) is 0 Å². The summed E-state index contributed by atoms with van der Waals surface area (Å²) in [4.78, 5) is 27.0. The Balaban J connectivity index is 1.84. The standard InChI is InChI=1S/C21H29NO4/c1-3-4-8-12-21-13-11-16(22(21)2)14-17(18(21)19(23)24)26-20(25)15-9-6-5-7-10-15/h5-7,9-10,16-18H,3-4,8,11-14H2,1-2H3,(H,23,24)/t16-,17-,18+,21+/m0/s1. The van der Waals surface area contributed by atoms with E-state index >= 15 is 0 Å². The number of rotatable bonds is 7. The summed E-state index contributed by atoms with van der Waals surface area (Å²) in [6.07, 6.45) is 5.95. The Kier molecular flexibility index (Phi) is 5.66. The van der Waals surface area contributed by atoms with Gasteiger partial charge in [-0.3, -0.25) is 9.69 Å². The van der Waals surface area contributed by atoms with E-state index in [0.29, 0.717) is 18.0 Å². The molecule has 0 radical (unpaired) electrons. The molecule has 2 saturated heterocycles. The minimum Gasteiger partial charge on any atom is -0.481 e. The summed E-state index contributed by atoms with van der Waals surface area (Å²) in [6, 6.07) is 9.12. The van der Waals surface area contributed by atoms with Crippen molar-refractivity contribution in [2.75, 3.05) is 7.05 Å². The van der Waals surface area contributed by atoms with Gasteiger partial charge >= 0.3 is 11.9 Å². The SMILES string of the molecule is CCCCC[C@@]12CC[C@@H](C[C@H](OC(=O)c3ccccc3)[C@@H]1C(=O)O)N2C. The highest BCUT2D eigenvalue weighted by atomic mass is 16.5. The maximum absolute atomic E-state index is 12.5. The summed E-state index contributed by atoms with van der Waals surface area (Å²) in [7, 11) is 2.05. The van der Waals surface area contributed by atoms with Crippen molar-refractivity contribution >= 4 is 11.9 Å². The van der Waals surface area contributed by atoms with Crippen LogP contribution in [0.3, 0.4) is 0 Å². The number of piperidine rings is 1. The van der Waals surface area contributed by atoms with Crippen LogP contribution in [0.4, 0.5) is 0 Å². The zero-order valence-electron chi connectivity index (χ0n) is 15.7. The molecule has 2 aliphatic heterocycles. The van der Waals surface area contributed by atoms with Gasteiger partial charge in [0, 0.05) is 18.0 Å². The number of benzene rings is 1. The fourth-order valence-electron chi connectivity index (χ4n) is 4.97. The molecule has 1 N–H and O–H groups in total. The lowest BCUT2D eigenvalue weighted by atomic mass is 9.73. The summed E-state index contributed by atoms with van der Waals surface area (Å²) >= 11 is 0. The Morgan fingerprint density at radius 3 is 2.65 bits per heavy atom. The van der Waals surface area contributed by atoms with E-state index in [9.17, 15) is 14.7 Å². The summed E-state index contributed by atoms with van der Waals surface area (Å²) < 4.78 is 5.77. The predicted molar refractivity (Wildman–Crippen MR) is 99.0 cm³/mol. The third kappa shape index (κ3) is 3.37. The van der Waals surface area contributed by atoms with Gasteiger partial charge in [0.2, 0.25) is 0 Å². The van der Waals surface area contributed by atoms with Gasteiger partial charge in [-0.25, -0.2) is 4.79 Å². The molecule has 0 aliphatic carbocycles. The molecular weight excluding hydrogens is 330 g/mol.